The fraction of sp³-hybridized carbons (Fsp3) is 0.333. The van der Waals surface area contributed by atoms with Gasteiger partial charge in [0.15, 0.2) is 5.01 Å². The number of aryl methyl sites for hydroxylation is 1. The Morgan fingerprint density at radius 2 is 1.88 bits per heavy atom. The fourth-order valence-corrected chi connectivity index (χ4v) is 5.71. The van der Waals surface area contributed by atoms with E-state index in [-0.39, 0.29) is 16.8 Å². The van der Waals surface area contributed by atoms with Gasteiger partial charge in [-0.25, -0.2) is 4.98 Å². The van der Waals surface area contributed by atoms with Crippen molar-refractivity contribution < 1.29 is 17.8 Å². The molecule has 1 aromatic heterocycles. The number of carbonyl (C=O) groups excluding carboxylic acids is 1. The van der Waals surface area contributed by atoms with Crippen molar-refractivity contribution in [2.45, 2.75) is 30.7 Å². The van der Waals surface area contributed by atoms with Crippen LogP contribution >= 0.6 is 22.9 Å². The lowest BCUT2D eigenvalue weighted by Crippen LogP contribution is -2.57. The molecule has 7 nitrogen and oxygen atoms in total. The molecule has 34 heavy (non-hydrogen) atoms. The Balaban J connectivity index is 0.000000210. The predicted molar refractivity (Wildman–Crippen MR) is 134 cm³/mol. The van der Waals surface area contributed by atoms with Crippen LogP contribution in [-0.2, 0) is 10.1 Å². The van der Waals surface area contributed by atoms with Gasteiger partial charge in [-0.1, -0.05) is 41.4 Å². The monoisotopic (exact) mass is 519 g/mol. The van der Waals surface area contributed by atoms with E-state index < -0.39 is 10.1 Å². The zero-order chi connectivity index (χ0) is 24.3. The minimum atomic E-state index is -4.02. The van der Waals surface area contributed by atoms with E-state index in [0.29, 0.717) is 15.9 Å². The third kappa shape index (κ3) is 6.22. The third-order valence-corrected chi connectivity index (χ3v) is 8.25. The molecule has 0 spiro atoms. The van der Waals surface area contributed by atoms with Crippen molar-refractivity contribution in [2.24, 2.45) is 5.92 Å². The van der Waals surface area contributed by atoms with E-state index in [2.05, 4.69) is 15.2 Å². The van der Waals surface area contributed by atoms with Crippen LogP contribution in [0.4, 0.5) is 0 Å². The summed E-state index contributed by atoms with van der Waals surface area (Å²) in [6, 6.07) is 13.9. The number of amides is 1. The van der Waals surface area contributed by atoms with E-state index in [1.165, 1.54) is 49.4 Å². The van der Waals surface area contributed by atoms with Crippen LogP contribution in [-0.4, -0.2) is 54.4 Å². The van der Waals surface area contributed by atoms with Gasteiger partial charge in [0.25, 0.3) is 16.0 Å². The summed E-state index contributed by atoms with van der Waals surface area (Å²) in [6.45, 7) is 5.16. The van der Waals surface area contributed by atoms with E-state index in [0.717, 1.165) is 22.5 Å². The van der Waals surface area contributed by atoms with Gasteiger partial charge < -0.3 is 10.2 Å². The molecule has 0 saturated carbocycles. The lowest BCUT2D eigenvalue weighted by atomic mass is 9.84. The molecule has 0 unspecified atom stereocenters. The summed E-state index contributed by atoms with van der Waals surface area (Å²) in [5.41, 5.74) is 1.95. The van der Waals surface area contributed by atoms with Gasteiger partial charge in [0.1, 0.15) is 0 Å². The van der Waals surface area contributed by atoms with Crippen LogP contribution in [0.5, 0.6) is 0 Å². The molecule has 2 aromatic carbocycles. The Morgan fingerprint density at radius 3 is 2.47 bits per heavy atom. The molecule has 2 bridgehead atoms. The van der Waals surface area contributed by atoms with Crippen molar-refractivity contribution in [3.8, 4) is 10.4 Å². The van der Waals surface area contributed by atoms with Gasteiger partial charge in [-0.05, 0) is 68.6 Å². The number of halogens is 1. The number of fused-ring (bicyclic) bond motifs is 3. The number of hydrogen-bond acceptors (Lipinski definition) is 6. The van der Waals surface area contributed by atoms with Crippen molar-refractivity contribution in [3.05, 3.63) is 70.3 Å². The number of benzene rings is 2. The zero-order valence-electron chi connectivity index (χ0n) is 18.6. The number of nitrogens with zero attached hydrogens (tertiary/aromatic N) is 2. The van der Waals surface area contributed by atoms with E-state index in [4.69, 9.17) is 16.2 Å². The summed E-state index contributed by atoms with van der Waals surface area (Å²) in [7, 11) is -4.02. The first-order valence-corrected chi connectivity index (χ1v) is 13.6. The number of aromatic nitrogens is 1. The van der Waals surface area contributed by atoms with Crippen LogP contribution in [0.2, 0.25) is 5.02 Å². The van der Waals surface area contributed by atoms with Crippen LogP contribution in [0.15, 0.2) is 59.6 Å². The molecule has 1 atom stereocenters. The number of piperidine rings is 3. The molecule has 180 valence electrons. The van der Waals surface area contributed by atoms with Gasteiger partial charge in [-0.3, -0.25) is 9.35 Å². The van der Waals surface area contributed by atoms with Crippen molar-refractivity contribution in [1.82, 2.24) is 15.2 Å². The molecule has 3 saturated heterocycles. The van der Waals surface area contributed by atoms with Gasteiger partial charge in [0.05, 0.1) is 9.77 Å². The number of nitrogens with one attached hydrogen (secondary N) is 1. The van der Waals surface area contributed by atoms with E-state index in [1.807, 2.05) is 31.2 Å². The Kier molecular flexibility index (Phi) is 7.69. The maximum absolute atomic E-state index is 12.5. The Labute approximate surface area is 208 Å². The molecular weight excluding hydrogens is 494 g/mol. The highest BCUT2D eigenvalue weighted by atomic mass is 35.5. The zero-order valence-corrected chi connectivity index (χ0v) is 21.0. The Hall–Kier alpha value is -2.30. The van der Waals surface area contributed by atoms with Gasteiger partial charge in [-0.15, -0.1) is 11.3 Å². The quantitative estimate of drug-likeness (QED) is 0.491. The lowest BCUT2D eigenvalue weighted by Gasteiger charge is -2.44. The second-order valence-electron chi connectivity index (χ2n) is 8.55. The predicted octanol–water partition coefficient (Wildman–Crippen LogP) is 4.53. The molecule has 6 rings (SSSR count). The molecule has 3 aliphatic rings. The van der Waals surface area contributed by atoms with E-state index >= 15 is 0 Å². The minimum absolute atomic E-state index is 0.0537. The van der Waals surface area contributed by atoms with Crippen molar-refractivity contribution in [1.29, 1.82) is 0 Å². The van der Waals surface area contributed by atoms with Crippen molar-refractivity contribution in [3.63, 3.8) is 0 Å². The molecule has 0 radical (unpaired) electrons. The molecule has 1 amide bonds. The molecule has 0 aliphatic carbocycles. The van der Waals surface area contributed by atoms with E-state index in [1.54, 1.807) is 18.3 Å². The summed E-state index contributed by atoms with van der Waals surface area (Å²) in [5, 5.41) is 4.40. The lowest BCUT2D eigenvalue weighted by molar-refractivity contribution is 0.0620. The molecule has 10 heteroatoms. The molecule has 3 fully saturated rings. The first-order valence-electron chi connectivity index (χ1n) is 11.0. The van der Waals surface area contributed by atoms with Crippen molar-refractivity contribution in [2.75, 3.05) is 19.6 Å². The normalized spacial score (nSPS) is 21.4. The smallest absolute Gasteiger partial charge is 0.294 e. The van der Waals surface area contributed by atoms with E-state index in [9.17, 15) is 13.2 Å². The second-order valence-corrected chi connectivity index (χ2v) is 11.4. The Morgan fingerprint density at radius 1 is 1.18 bits per heavy atom. The van der Waals surface area contributed by atoms with Crippen LogP contribution in [0.25, 0.3) is 10.4 Å². The van der Waals surface area contributed by atoms with Gasteiger partial charge >= 0.3 is 0 Å². The summed E-state index contributed by atoms with van der Waals surface area (Å²) < 4.78 is 29.6. The van der Waals surface area contributed by atoms with Gasteiger partial charge in [-0.2, -0.15) is 8.42 Å². The van der Waals surface area contributed by atoms with Gasteiger partial charge in [0.2, 0.25) is 0 Å². The average molecular weight is 520 g/mol. The van der Waals surface area contributed by atoms with Crippen LogP contribution < -0.4 is 5.32 Å². The van der Waals surface area contributed by atoms with Crippen LogP contribution in [0.1, 0.15) is 28.2 Å². The van der Waals surface area contributed by atoms with Gasteiger partial charge in [0, 0.05) is 23.8 Å². The maximum Gasteiger partial charge on any atom is 0.294 e. The largest absolute Gasteiger partial charge is 0.346 e. The Bertz CT molecular complexity index is 1250. The number of carbonyl (C=O) groups is 1. The summed E-state index contributed by atoms with van der Waals surface area (Å²) in [6.07, 6.45) is 4.13. The number of hydrogen-bond donors (Lipinski definition) is 2. The average Bonchev–Trinajstić information content (AvgIpc) is 3.31. The first kappa shape index (κ1) is 24.8. The summed E-state index contributed by atoms with van der Waals surface area (Å²) in [5.74, 6) is 0.568. The van der Waals surface area contributed by atoms with Crippen LogP contribution in [0, 0.1) is 12.8 Å². The third-order valence-electron chi connectivity index (χ3n) is 6.10. The summed E-state index contributed by atoms with van der Waals surface area (Å²) >= 11 is 7.45. The highest BCUT2D eigenvalue weighted by molar-refractivity contribution is 7.85. The molecule has 2 N–H and O–H groups in total. The second kappa shape index (κ2) is 10.5. The number of rotatable bonds is 4. The molecular formula is C24H26ClN3O4S2. The maximum atomic E-state index is 12.5. The molecule has 3 aliphatic heterocycles. The highest BCUT2D eigenvalue weighted by Crippen LogP contribution is 2.30. The van der Waals surface area contributed by atoms with Crippen LogP contribution in [0.3, 0.4) is 0 Å². The highest BCUT2D eigenvalue weighted by Gasteiger charge is 2.35. The minimum Gasteiger partial charge on any atom is -0.346 e. The topological polar surface area (TPSA) is 99.6 Å². The van der Waals surface area contributed by atoms with Crippen molar-refractivity contribution >= 4 is 39.0 Å². The fourth-order valence-electron chi connectivity index (χ4n) is 4.22. The SMILES string of the molecule is Cc1ccc(S(=O)(=O)O)cc1.O=C(N[C@H]1CN2CCC1CC2)c1ncc(-c2cccc(Cl)c2)s1. The number of thiazole rings is 1. The molecule has 4 heterocycles. The first-order chi connectivity index (χ1) is 16.2. The summed E-state index contributed by atoms with van der Waals surface area (Å²) in [4.78, 5) is 20.1. The standard InChI is InChI=1S/C17H18ClN3OS.C7H8O3S/c18-13-3-1-2-12(8-13)15-9-19-17(23-15)16(22)20-14-10-21-6-4-11(14)5-7-21;1-6-2-4-7(5-3-6)11(8,9)10/h1-3,8-9,11,14H,4-7,10H2,(H,20,22);2-5H,1H3,(H,8,9,10)/t14-;/m0./s1. The molecule has 3 aromatic rings.